The predicted molar refractivity (Wildman–Crippen MR) is 67.8 cm³/mol. The highest BCUT2D eigenvalue weighted by Crippen LogP contribution is 2.30. The maximum Gasteiger partial charge on any atom is 0.0513 e. The van der Waals surface area contributed by atoms with Gasteiger partial charge in [0.25, 0.3) is 0 Å². The Morgan fingerprint density at radius 1 is 1.25 bits per heavy atom. The van der Waals surface area contributed by atoms with Gasteiger partial charge in [0.05, 0.1) is 5.52 Å². The molecule has 0 saturated heterocycles. The molecule has 2 heteroatoms. The molecule has 1 aliphatic rings. The van der Waals surface area contributed by atoms with Gasteiger partial charge in [0.1, 0.15) is 0 Å². The number of aromatic nitrogens is 1. The van der Waals surface area contributed by atoms with E-state index in [4.69, 9.17) is 0 Å². The predicted octanol–water partition coefficient (Wildman–Crippen LogP) is 2.44. The largest absolute Gasteiger partial charge is 0.347 e. The Hall–Kier alpha value is -1.28. The van der Waals surface area contributed by atoms with Crippen LogP contribution in [0.1, 0.15) is 22.4 Å². The highest BCUT2D eigenvalue weighted by atomic mass is 15.0. The topological polar surface area (TPSA) is 17.0 Å². The van der Waals surface area contributed by atoms with Crippen molar-refractivity contribution in [1.29, 1.82) is 0 Å². The average molecular weight is 214 g/mol. The molecule has 0 amide bonds. The molecule has 0 bridgehead atoms. The smallest absolute Gasteiger partial charge is 0.0513 e. The first-order valence-corrected chi connectivity index (χ1v) is 5.96. The molecule has 1 aliphatic heterocycles. The zero-order valence-electron chi connectivity index (χ0n) is 10.2. The van der Waals surface area contributed by atoms with Gasteiger partial charge < -0.3 is 9.88 Å². The Labute approximate surface area is 96.3 Å². The van der Waals surface area contributed by atoms with E-state index in [0.29, 0.717) is 0 Å². The summed E-state index contributed by atoms with van der Waals surface area (Å²) in [5.41, 5.74) is 7.20. The Morgan fingerprint density at radius 3 is 2.88 bits per heavy atom. The van der Waals surface area contributed by atoms with Crippen LogP contribution in [0.4, 0.5) is 0 Å². The standard InChI is InChI=1S/C14H18N2/c1-9-6-10(2)14-11(7-9)12-8-15-5-4-13(12)16(14)3/h6-7,15H,4-5,8H2,1-3H3. The van der Waals surface area contributed by atoms with Crippen molar-refractivity contribution in [2.45, 2.75) is 26.8 Å². The Bertz CT molecular complexity index is 564. The normalized spacial score (nSPS) is 15.4. The summed E-state index contributed by atoms with van der Waals surface area (Å²) in [4.78, 5) is 0. The van der Waals surface area contributed by atoms with Gasteiger partial charge in [-0.3, -0.25) is 0 Å². The zero-order chi connectivity index (χ0) is 11.3. The quantitative estimate of drug-likeness (QED) is 0.712. The number of hydrogen-bond acceptors (Lipinski definition) is 1. The summed E-state index contributed by atoms with van der Waals surface area (Å²) in [5.74, 6) is 0. The highest BCUT2D eigenvalue weighted by Gasteiger charge is 2.18. The summed E-state index contributed by atoms with van der Waals surface area (Å²) in [6, 6.07) is 4.61. The van der Waals surface area contributed by atoms with Gasteiger partial charge in [0.2, 0.25) is 0 Å². The van der Waals surface area contributed by atoms with Crippen LogP contribution in [0.3, 0.4) is 0 Å². The molecule has 1 aromatic carbocycles. The lowest BCUT2D eigenvalue weighted by Crippen LogP contribution is -2.24. The van der Waals surface area contributed by atoms with Crippen LogP contribution in [0.15, 0.2) is 12.1 Å². The van der Waals surface area contributed by atoms with Crippen LogP contribution in [0, 0.1) is 13.8 Å². The van der Waals surface area contributed by atoms with Gasteiger partial charge in [-0.25, -0.2) is 0 Å². The van der Waals surface area contributed by atoms with Gasteiger partial charge in [-0.2, -0.15) is 0 Å². The van der Waals surface area contributed by atoms with E-state index >= 15 is 0 Å². The third kappa shape index (κ3) is 1.23. The average Bonchev–Trinajstić information content (AvgIpc) is 2.54. The molecule has 0 fully saturated rings. The molecule has 0 radical (unpaired) electrons. The minimum atomic E-state index is 1.02. The van der Waals surface area contributed by atoms with Crippen LogP contribution in [0.2, 0.25) is 0 Å². The van der Waals surface area contributed by atoms with Crippen LogP contribution in [-0.2, 0) is 20.0 Å². The molecule has 1 N–H and O–H groups in total. The summed E-state index contributed by atoms with van der Waals surface area (Å²) in [5, 5.41) is 4.92. The number of nitrogens with one attached hydrogen (secondary N) is 1. The molecule has 0 aliphatic carbocycles. The second-order valence-electron chi connectivity index (χ2n) is 4.89. The lowest BCUT2D eigenvalue weighted by molar-refractivity contribution is 0.622. The maximum atomic E-state index is 3.47. The second kappa shape index (κ2) is 3.36. The Balaban J connectivity index is 2.44. The maximum absolute atomic E-state index is 3.47. The monoisotopic (exact) mass is 214 g/mol. The van der Waals surface area contributed by atoms with E-state index in [-0.39, 0.29) is 0 Å². The Kier molecular flexibility index (Phi) is 2.08. The fraction of sp³-hybridized carbons (Fsp3) is 0.429. The van der Waals surface area contributed by atoms with Crippen molar-refractivity contribution >= 4 is 10.9 Å². The molecule has 3 rings (SSSR count). The first-order valence-electron chi connectivity index (χ1n) is 5.96. The summed E-state index contributed by atoms with van der Waals surface area (Å²) in [6.07, 6.45) is 1.15. The third-order valence-electron chi connectivity index (χ3n) is 3.70. The van der Waals surface area contributed by atoms with E-state index in [2.05, 4.69) is 42.9 Å². The van der Waals surface area contributed by atoms with Gasteiger partial charge in [-0.05, 0) is 31.0 Å². The number of benzene rings is 1. The molecule has 0 atom stereocenters. The van der Waals surface area contributed by atoms with E-state index in [1.54, 1.807) is 0 Å². The van der Waals surface area contributed by atoms with E-state index in [9.17, 15) is 0 Å². The fourth-order valence-electron chi connectivity index (χ4n) is 3.06. The molecule has 0 saturated carbocycles. The van der Waals surface area contributed by atoms with E-state index in [0.717, 1.165) is 19.5 Å². The van der Waals surface area contributed by atoms with Crippen molar-refractivity contribution in [3.63, 3.8) is 0 Å². The van der Waals surface area contributed by atoms with Crippen molar-refractivity contribution in [2.24, 2.45) is 7.05 Å². The van der Waals surface area contributed by atoms with E-state index in [1.807, 2.05) is 0 Å². The number of nitrogens with zero attached hydrogens (tertiary/aromatic N) is 1. The van der Waals surface area contributed by atoms with Crippen molar-refractivity contribution in [1.82, 2.24) is 9.88 Å². The first kappa shape index (κ1) is 9.91. The number of aryl methyl sites for hydroxylation is 3. The highest BCUT2D eigenvalue weighted by molar-refractivity contribution is 5.89. The van der Waals surface area contributed by atoms with Crippen LogP contribution >= 0.6 is 0 Å². The van der Waals surface area contributed by atoms with Crippen LogP contribution in [0.5, 0.6) is 0 Å². The molecule has 2 nitrogen and oxygen atoms in total. The lowest BCUT2D eigenvalue weighted by atomic mass is 10.0. The van der Waals surface area contributed by atoms with Gasteiger partial charge in [0.15, 0.2) is 0 Å². The molecule has 1 aromatic heterocycles. The first-order chi connectivity index (χ1) is 7.68. The summed E-state index contributed by atoms with van der Waals surface area (Å²) < 4.78 is 2.39. The SMILES string of the molecule is Cc1cc(C)c2c(c1)c1c(n2C)CCNC1. The number of fused-ring (bicyclic) bond motifs is 3. The van der Waals surface area contributed by atoms with Crippen molar-refractivity contribution < 1.29 is 0 Å². The van der Waals surface area contributed by atoms with E-state index in [1.165, 1.54) is 33.3 Å². The minimum Gasteiger partial charge on any atom is -0.347 e. The molecular weight excluding hydrogens is 196 g/mol. The zero-order valence-corrected chi connectivity index (χ0v) is 10.2. The van der Waals surface area contributed by atoms with Gasteiger partial charge in [-0.1, -0.05) is 11.6 Å². The van der Waals surface area contributed by atoms with Crippen molar-refractivity contribution in [3.05, 3.63) is 34.5 Å². The molecule has 0 spiro atoms. The van der Waals surface area contributed by atoms with Gasteiger partial charge >= 0.3 is 0 Å². The molecule has 2 aromatic rings. The summed E-state index contributed by atoms with van der Waals surface area (Å²) in [6.45, 7) is 6.53. The molecular formula is C14H18N2. The number of hydrogen-bond donors (Lipinski definition) is 1. The van der Waals surface area contributed by atoms with Crippen molar-refractivity contribution in [3.8, 4) is 0 Å². The summed E-state index contributed by atoms with van der Waals surface area (Å²) in [7, 11) is 2.20. The van der Waals surface area contributed by atoms with Gasteiger partial charge in [-0.15, -0.1) is 0 Å². The molecule has 0 unspecified atom stereocenters. The van der Waals surface area contributed by atoms with Crippen LogP contribution < -0.4 is 5.32 Å². The third-order valence-corrected chi connectivity index (χ3v) is 3.70. The second-order valence-corrected chi connectivity index (χ2v) is 4.89. The van der Waals surface area contributed by atoms with E-state index < -0.39 is 0 Å². The molecule has 2 heterocycles. The van der Waals surface area contributed by atoms with Gasteiger partial charge in [0, 0.05) is 37.6 Å². The lowest BCUT2D eigenvalue weighted by Gasteiger charge is -2.14. The summed E-state index contributed by atoms with van der Waals surface area (Å²) >= 11 is 0. The van der Waals surface area contributed by atoms with Crippen LogP contribution in [0.25, 0.3) is 10.9 Å². The molecule has 16 heavy (non-hydrogen) atoms. The molecule has 84 valence electrons. The van der Waals surface area contributed by atoms with Crippen molar-refractivity contribution in [2.75, 3.05) is 6.54 Å². The fourth-order valence-corrected chi connectivity index (χ4v) is 3.06. The number of rotatable bonds is 0. The Morgan fingerprint density at radius 2 is 2.06 bits per heavy atom. The van der Waals surface area contributed by atoms with Crippen LogP contribution in [-0.4, -0.2) is 11.1 Å². The minimum absolute atomic E-state index is 1.02.